The molecule has 0 saturated carbocycles. The lowest BCUT2D eigenvalue weighted by Gasteiger charge is -2.22. The molecule has 3 nitrogen and oxygen atoms in total. The molecule has 0 unspecified atom stereocenters. The second-order valence-corrected chi connectivity index (χ2v) is 5.27. The number of carbonyl (C=O) groups excluding carboxylic acids is 1. The average Bonchev–Trinajstić information content (AvgIpc) is 2.33. The highest BCUT2D eigenvalue weighted by atomic mass is 16.5. The Bertz CT molecular complexity index is 391. The van der Waals surface area contributed by atoms with Gasteiger partial charge in [0, 0.05) is 6.42 Å². The Morgan fingerprint density at radius 2 is 1.89 bits per heavy atom. The minimum absolute atomic E-state index is 0.0545. The zero-order valence-corrected chi connectivity index (χ0v) is 11.7. The number of carbonyl (C=O) groups is 1. The van der Waals surface area contributed by atoms with Crippen molar-refractivity contribution in [3.05, 3.63) is 29.8 Å². The van der Waals surface area contributed by atoms with Crippen LogP contribution in [0.25, 0.3) is 0 Å². The van der Waals surface area contributed by atoms with Crippen molar-refractivity contribution in [2.75, 3.05) is 13.7 Å². The monoisotopic (exact) mass is 250 g/mol. The molecule has 0 saturated heterocycles. The minimum Gasteiger partial charge on any atom is -0.493 e. The molecule has 3 heteroatoms. The number of rotatable bonds is 5. The molecule has 0 spiro atoms. The van der Waals surface area contributed by atoms with Crippen LogP contribution in [0.3, 0.4) is 0 Å². The highest BCUT2D eigenvalue weighted by molar-refractivity contribution is 5.69. The van der Waals surface area contributed by atoms with Crippen LogP contribution >= 0.6 is 0 Å². The summed E-state index contributed by atoms with van der Waals surface area (Å²) in [6.07, 6.45) is 1.07. The Kier molecular flexibility index (Phi) is 5.20. The van der Waals surface area contributed by atoms with Crippen LogP contribution in [0.4, 0.5) is 0 Å². The highest BCUT2D eigenvalue weighted by Gasteiger charge is 2.18. The van der Waals surface area contributed by atoms with E-state index in [1.54, 1.807) is 0 Å². The Morgan fingerprint density at radius 1 is 1.22 bits per heavy atom. The van der Waals surface area contributed by atoms with Crippen LogP contribution in [0, 0.1) is 0 Å². The van der Waals surface area contributed by atoms with E-state index in [-0.39, 0.29) is 11.4 Å². The van der Waals surface area contributed by atoms with Crippen molar-refractivity contribution in [2.24, 2.45) is 0 Å². The topological polar surface area (TPSA) is 35.5 Å². The van der Waals surface area contributed by atoms with E-state index in [4.69, 9.17) is 4.74 Å². The maximum atomic E-state index is 11.0. The molecule has 0 radical (unpaired) electrons. The predicted octanol–water partition coefficient (Wildman–Crippen LogP) is 3.32. The zero-order valence-electron chi connectivity index (χ0n) is 11.7. The van der Waals surface area contributed by atoms with E-state index in [1.165, 1.54) is 12.7 Å². The van der Waals surface area contributed by atoms with Gasteiger partial charge in [-0.05, 0) is 23.5 Å². The lowest BCUT2D eigenvalue weighted by atomic mass is 9.86. The normalized spacial score (nSPS) is 11.1. The fraction of sp³-hybridized carbons (Fsp3) is 0.533. The molecule has 1 aromatic rings. The molecule has 0 N–H and O–H groups in total. The number of hydrogen-bond donors (Lipinski definition) is 0. The van der Waals surface area contributed by atoms with E-state index in [9.17, 15) is 4.79 Å². The zero-order chi connectivity index (χ0) is 13.6. The Balaban J connectivity index is 2.55. The van der Waals surface area contributed by atoms with Crippen LogP contribution in [0.2, 0.25) is 0 Å². The number of hydrogen-bond acceptors (Lipinski definition) is 3. The van der Waals surface area contributed by atoms with Gasteiger partial charge >= 0.3 is 5.97 Å². The van der Waals surface area contributed by atoms with Crippen molar-refractivity contribution in [1.29, 1.82) is 0 Å². The largest absolute Gasteiger partial charge is 0.493 e. The number of para-hydroxylation sites is 1. The molecule has 0 heterocycles. The first-order valence-electron chi connectivity index (χ1n) is 6.24. The van der Waals surface area contributed by atoms with Crippen molar-refractivity contribution in [3.63, 3.8) is 0 Å². The van der Waals surface area contributed by atoms with E-state index in [0.717, 1.165) is 5.75 Å². The Hall–Kier alpha value is -1.51. The van der Waals surface area contributed by atoms with Gasteiger partial charge in [0.15, 0.2) is 0 Å². The molecule has 100 valence electrons. The molecule has 0 aromatic heterocycles. The van der Waals surface area contributed by atoms with Gasteiger partial charge in [0.05, 0.1) is 13.7 Å². The molecule has 0 aliphatic rings. The molecular weight excluding hydrogens is 228 g/mol. The molecule has 1 aromatic carbocycles. The predicted molar refractivity (Wildman–Crippen MR) is 71.9 cm³/mol. The van der Waals surface area contributed by atoms with Gasteiger partial charge < -0.3 is 9.47 Å². The number of esters is 1. The molecule has 0 amide bonds. The quantitative estimate of drug-likeness (QED) is 0.594. The van der Waals surface area contributed by atoms with Crippen molar-refractivity contribution < 1.29 is 14.3 Å². The molecule has 18 heavy (non-hydrogen) atoms. The van der Waals surface area contributed by atoms with Crippen LogP contribution in [0.5, 0.6) is 5.75 Å². The molecule has 0 atom stereocenters. The van der Waals surface area contributed by atoms with Crippen molar-refractivity contribution >= 4 is 5.97 Å². The van der Waals surface area contributed by atoms with Gasteiger partial charge in [-0.25, -0.2) is 0 Å². The molecule has 1 rings (SSSR count). The van der Waals surface area contributed by atoms with Gasteiger partial charge in [0.2, 0.25) is 0 Å². The molecular formula is C15H22O3. The fourth-order valence-corrected chi connectivity index (χ4v) is 1.71. The van der Waals surface area contributed by atoms with Gasteiger partial charge in [-0.2, -0.15) is 0 Å². The maximum Gasteiger partial charge on any atom is 0.305 e. The lowest BCUT2D eigenvalue weighted by Crippen LogP contribution is -2.14. The molecule has 0 aliphatic heterocycles. The first-order chi connectivity index (χ1) is 8.45. The summed E-state index contributed by atoms with van der Waals surface area (Å²) in [5, 5.41) is 0. The first kappa shape index (κ1) is 14.6. The maximum absolute atomic E-state index is 11.0. The van der Waals surface area contributed by atoms with Crippen LogP contribution in [0.15, 0.2) is 24.3 Å². The highest BCUT2D eigenvalue weighted by Crippen LogP contribution is 2.30. The summed E-state index contributed by atoms with van der Waals surface area (Å²) in [6, 6.07) is 8.03. The van der Waals surface area contributed by atoms with E-state index < -0.39 is 0 Å². The van der Waals surface area contributed by atoms with E-state index in [0.29, 0.717) is 19.4 Å². The lowest BCUT2D eigenvalue weighted by molar-refractivity contribution is -0.140. The van der Waals surface area contributed by atoms with Gasteiger partial charge in [0.1, 0.15) is 5.75 Å². The van der Waals surface area contributed by atoms with E-state index in [1.807, 2.05) is 18.2 Å². The third-order valence-corrected chi connectivity index (χ3v) is 2.71. The van der Waals surface area contributed by atoms with Crippen LogP contribution < -0.4 is 4.74 Å². The summed E-state index contributed by atoms with van der Waals surface area (Å²) in [5.41, 5.74) is 1.24. The summed E-state index contributed by atoms with van der Waals surface area (Å²) >= 11 is 0. The van der Waals surface area contributed by atoms with Gasteiger partial charge in [0.25, 0.3) is 0 Å². The molecule has 0 aliphatic carbocycles. The summed E-state index contributed by atoms with van der Waals surface area (Å²) in [4.78, 5) is 11.0. The third kappa shape index (κ3) is 4.40. The van der Waals surface area contributed by atoms with Crippen LogP contribution in [-0.4, -0.2) is 19.7 Å². The second-order valence-electron chi connectivity index (χ2n) is 5.27. The van der Waals surface area contributed by atoms with Crippen molar-refractivity contribution in [1.82, 2.24) is 0 Å². The number of ether oxygens (including phenoxy) is 2. The van der Waals surface area contributed by atoms with Gasteiger partial charge in [-0.3, -0.25) is 4.79 Å². The van der Waals surface area contributed by atoms with Gasteiger partial charge in [-0.15, -0.1) is 0 Å². The number of methoxy groups -OCH3 is 1. The van der Waals surface area contributed by atoms with Crippen LogP contribution in [-0.2, 0) is 14.9 Å². The second kappa shape index (κ2) is 6.43. The van der Waals surface area contributed by atoms with Crippen LogP contribution in [0.1, 0.15) is 39.2 Å². The SMILES string of the molecule is COC(=O)CCCOc1ccccc1C(C)(C)C. The fourth-order valence-electron chi connectivity index (χ4n) is 1.71. The first-order valence-corrected chi connectivity index (χ1v) is 6.24. The summed E-state index contributed by atoms with van der Waals surface area (Å²) < 4.78 is 10.3. The molecule has 0 bridgehead atoms. The summed E-state index contributed by atoms with van der Waals surface area (Å²) in [6.45, 7) is 7.00. The van der Waals surface area contributed by atoms with Crippen molar-refractivity contribution in [3.8, 4) is 5.75 Å². The average molecular weight is 250 g/mol. The van der Waals surface area contributed by atoms with Crippen molar-refractivity contribution in [2.45, 2.75) is 39.0 Å². The van der Waals surface area contributed by atoms with E-state index in [2.05, 4.69) is 31.6 Å². The number of benzene rings is 1. The Morgan fingerprint density at radius 3 is 2.50 bits per heavy atom. The summed E-state index contributed by atoms with van der Waals surface area (Å²) in [7, 11) is 1.40. The van der Waals surface area contributed by atoms with Gasteiger partial charge in [-0.1, -0.05) is 39.0 Å². The minimum atomic E-state index is -0.192. The third-order valence-electron chi connectivity index (χ3n) is 2.71. The smallest absolute Gasteiger partial charge is 0.305 e. The summed E-state index contributed by atoms with van der Waals surface area (Å²) in [5.74, 6) is 0.706. The van der Waals surface area contributed by atoms with E-state index >= 15 is 0 Å². The standard InChI is InChI=1S/C15H22O3/c1-15(2,3)12-8-5-6-9-13(12)18-11-7-10-14(16)17-4/h5-6,8-9H,7,10-11H2,1-4H3. The Labute approximate surface area is 109 Å². The molecule has 0 fully saturated rings.